The molecule has 3 aromatic rings. The smallest absolute Gasteiger partial charge is 0.273 e. The van der Waals surface area contributed by atoms with Crippen molar-refractivity contribution in [3.05, 3.63) is 46.2 Å². The van der Waals surface area contributed by atoms with Crippen LogP contribution >= 0.6 is 0 Å². The summed E-state index contributed by atoms with van der Waals surface area (Å²) in [4.78, 5) is 12.9. The molecule has 0 atom stereocenters. The topological polar surface area (TPSA) is 51.9 Å². The number of fused-ring (bicyclic) bond motifs is 3. The molecule has 0 bridgehead atoms. The zero-order chi connectivity index (χ0) is 20.1. The number of nitrogens with one attached hydrogen (secondary N) is 1. The number of carbonyl (C=O) groups excluding carboxylic acids is 1. The highest BCUT2D eigenvalue weighted by atomic mass is 16.2. The lowest BCUT2D eigenvalue weighted by Gasteiger charge is -2.13. The standard InChI is InChI=1S/C23H28N4O/c1-6-27-18-10-8-7-9-16(18)17-13-15(11-12-19(17)27)24-22(28)20-14-21(23(2,3)4)25-26(20)5/h9-14H,6-8H2,1-5H3,(H,24,28). The number of benzene rings is 1. The van der Waals surface area contributed by atoms with Crippen molar-refractivity contribution < 1.29 is 4.79 Å². The highest BCUT2D eigenvalue weighted by Gasteiger charge is 2.22. The Kier molecular flexibility index (Phi) is 4.41. The van der Waals surface area contributed by atoms with Crippen LogP contribution in [0.1, 0.15) is 56.7 Å². The number of anilines is 1. The second-order valence-electron chi connectivity index (χ2n) is 8.50. The summed E-state index contributed by atoms with van der Waals surface area (Å²) in [5.41, 5.74) is 3.42. The van der Waals surface area contributed by atoms with Gasteiger partial charge in [0.15, 0.2) is 0 Å². The molecule has 4 rings (SSSR count). The fourth-order valence-corrected chi connectivity index (χ4v) is 3.94. The van der Waals surface area contributed by atoms with E-state index in [1.165, 1.54) is 21.5 Å². The van der Waals surface area contributed by atoms with Crippen LogP contribution in [0.25, 0.3) is 23.1 Å². The van der Waals surface area contributed by atoms with E-state index in [1.54, 1.807) is 4.68 Å². The first-order valence-electron chi connectivity index (χ1n) is 9.98. The van der Waals surface area contributed by atoms with E-state index >= 15 is 0 Å². The van der Waals surface area contributed by atoms with Gasteiger partial charge in [0.2, 0.25) is 0 Å². The molecule has 28 heavy (non-hydrogen) atoms. The van der Waals surface area contributed by atoms with Gasteiger partial charge in [0.1, 0.15) is 5.69 Å². The zero-order valence-corrected chi connectivity index (χ0v) is 17.3. The van der Waals surface area contributed by atoms with Gasteiger partial charge in [-0.3, -0.25) is 9.48 Å². The van der Waals surface area contributed by atoms with Crippen molar-refractivity contribution in [2.45, 2.75) is 52.5 Å². The molecule has 0 spiro atoms. The third kappa shape index (κ3) is 3.05. The van der Waals surface area contributed by atoms with E-state index in [4.69, 9.17) is 0 Å². The summed E-state index contributed by atoms with van der Waals surface area (Å²) < 4.78 is 4.01. The van der Waals surface area contributed by atoms with Gasteiger partial charge in [-0.15, -0.1) is 0 Å². The van der Waals surface area contributed by atoms with Crippen LogP contribution in [0.4, 0.5) is 5.69 Å². The highest BCUT2D eigenvalue weighted by molar-refractivity contribution is 6.04. The van der Waals surface area contributed by atoms with Crippen molar-refractivity contribution in [2.75, 3.05) is 5.32 Å². The maximum atomic E-state index is 12.9. The minimum Gasteiger partial charge on any atom is -0.341 e. The average Bonchev–Trinajstić information content (AvgIpc) is 3.19. The van der Waals surface area contributed by atoms with Gasteiger partial charge in [0.05, 0.1) is 5.69 Å². The number of aryl methyl sites for hydroxylation is 2. The third-order valence-electron chi connectivity index (χ3n) is 5.45. The Hall–Kier alpha value is -2.82. The number of hydrogen-bond donors (Lipinski definition) is 1. The van der Waals surface area contributed by atoms with Crippen molar-refractivity contribution in [3.63, 3.8) is 0 Å². The largest absolute Gasteiger partial charge is 0.341 e. The maximum Gasteiger partial charge on any atom is 0.273 e. The van der Waals surface area contributed by atoms with E-state index in [9.17, 15) is 4.79 Å². The Morgan fingerprint density at radius 2 is 1.93 bits per heavy atom. The molecule has 0 unspecified atom stereocenters. The molecule has 2 aromatic heterocycles. The number of rotatable bonds is 3. The van der Waals surface area contributed by atoms with Crippen LogP contribution in [-0.2, 0) is 19.0 Å². The minimum absolute atomic E-state index is 0.0936. The molecule has 146 valence electrons. The van der Waals surface area contributed by atoms with Gasteiger partial charge < -0.3 is 9.88 Å². The number of nitrogens with zero attached hydrogens (tertiary/aromatic N) is 3. The molecule has 1 aliphatic carbocycles. The van der Waals surface area contributed by atoms with E-state index in [2.05, 4.69) is 67.0 Å². The number of amides is 1. The second kappa shape index (κ2) is 6.66. The zero-order valence-electron chi connectivity index (χ0n) is 17.3. The SMILES string of the molecule is CCn1c2c(c3cc(NC(=O)c4cc(C(C)(C)C)nn4C)ccc31)=CCCC=2. The number of carbonyl (C=O) groups is 1. The molecule has 1 amide bonds. The van der Waals surface area contributed by atoms with Crippen LogP contribution in [0.15, 0.2) is 24.3 Å². The minimum atomic E-state index is -0.135. The molecule has 0 saturated heterocycles. The van der Waals surface area contributed by atoms with Crippen LogP contribution in [0.5, 0.6) is 0 Å². The van der Waals surface area contributed by atoms with E-state index < -0.39 is 0 Å². The summed E-state index contributed by atoms with van der Waals surface area (Å²) in [6.07, 6.45) is 6.79. The quantitative estimate of drug-likeness (QED) is 0.763. The van der Waals surface area contributed by atoms with Gasteiger partial charge in [-0.05, 0) is 44.0 Å². The Bertz CT molecular complexity index is 1190. The number of hydrogen-bond acceptors (Lipinski definition) is 2. The fourth-order valence-electron chi connectivity index (χ4n) is 3.94. The van der Waals surface area contributed by atoms with E-state index in [-0.39, 0.29) is 11.3 Å². The van der Waals surface area contributed by atoms with Crippen LogP contribution in [0, 0.1) is 0 Å². The molecule has 0 saturated carbocycles. The van der Waals surface area contributed by atoms with Crippen molar-refractivity contribution >= 4 is 34.6 Å². The first kappa shape index (κ1) is 18.5. The first-order valence-corrected chi connectivity index (χ1v) is 9.98. The average molecular weight is 377 g/mol. The third-order valence-corrected chi connectivity index (χ3v) is 5.45. The van der Waals surface area contributed by atoms with Gasteiger partial charge in [-0.25, -0.2) is 0 Å². The van der Waals surface area contributed by atoms with Crippen molar-refractivity contribution in [3.8, 4) is 0 Å². The van der Waals surface area contributed by atoms with Crippen LogP contribution < -0.4 is 15.9 Å². The van der Waals surface area contributed by atoms with E-state index in [0.29, 0.717) is 5.69 Å². The van der Waals surface area contributed by atoms with Crippen LogP contribution in [0.3, 0.4) is 0 Å². The Labute approximate surface area is 165 Å². The summed E-state index contributed by atoms with van der Waals surface area (Å²) in [5, 5.41) is 11.4. The summed E-state index contributed by atoms with van der Waals surface area (Å²) >= 11 is 0. The second-order valence-corrected chi connectivity index (χ2v) is 8.50. The Morgan fingerprint density at radius 1 is 1.18 bits per heavy atom. The lowest BCUT2D eigenvalue weighted by Crippen LogP contribution is -2.30. The molecule has 0 radical (unpaired) electrons. The van der Waals surface area contributed by atoms with Crippen molar-refractivity contribution in [1.29, 1.82) is 0 Å². The van der Waals surface area contributed by atoms with Gasteiger partial charge in [0, 0.05) is 46.2 Å². The molecule has 2 heterocycles. The van der Waals surface area contributed by atoms with Crippen molar-refractivity contribution in [1.82, 2.24) is 14.3 Å². The summed E-state index contributed by atoms with van der Waals surface area (Å²) in [7, 11) is 1.82. The molecular formula is C23H28N4O. The maximum absolute atomic E-state index is 12.9. The predicted molar refractivity (Wildman–Crippen MR) is 115 cm³/mol. The molecule has 5 heteroatoms. The van der Waals surface area contributed by atoms with Gasteiger partial charge in [0.25, 0.3) is 5.91 Å². The lowest BCUT2D eigenvalue weighted by atomic mass is 9.92. The molecule has 0 aliphatic heterocycles. The normalized spacial score (nSPS) is 13.8. The van der Waals surface area contributed by atoms with Crippen LogP contribution in [0.2, 0.25) is 0 Å². The summed E-state index contributed by atoms with van der Waals surface area (Å²) in [6.45, 7) is 9.40. The molecule has 5 nitrogen and oxygen atoms in total. The predicted octanol–water partition coefficient (Wildman–Crippen LogP) is 3.30. The molecular weight excluding hydrogens is 348 g/mol. The van der Waals surface area contributed by atoms with Crippen LogP contribution in [-0.4, -0.2) is 20.3 Å². The monoisotopic (exact) mass is 376 g/mol. The van der Waals surface area contributed by atoms with Gasteiger partial charge in [-0.1, -0.05) is 32.9 Å². The fraction of sp³-hybridized carbons (Fsp3) is 0.391. The van der Waals surface area contributed by atoms with E-state index in [0.717, 1.165) is 30.8 Å². The first-order chi connectivity index (χ1) is 13.3. The number of aromatic nitrogens is 3. The Balaban J connectivity index is 1.72. The van der Waals surface area contributed by atoms with E-state index in [1.807, 2.05) is 19.2 Å². The lowest BCUT2D eigenvalue weighted by molar-refractivity contribution is 0.101. The molecule has 1 aliphatic rings. The molecule has 1 N–H and O–H groups in total. The van der Waals surface area contributed by atoms with Gasteiger partial charge in [-0.2, -0.15) is 5.10 Å². The molecule has 1 aromatic carbocycles. The van der Waals surface area contributed by atoms with Crippen molar-refractivity contribution in [2.24, 2.45) is 7.05 Å². The summed E-state index contributed by atoms with van der Waals surface area (Å²) in [6, 6.07) is 8.07. The Morgan fingerprint density at radius 3 is 2.61 bits per heavy atom. The molecule has 0 fully saturated rings. The highest BCUT2D eigenvalue weighted by Crippen LogP contribution is 2.22. The van der Waals surface area contributed by atoms with Gasteiger partial charge >= 0.3 is 0 Å². The summed E-state index contributed by atoms with van der Waals surface area (Å²) in [5.74, 6) is -0.135.